The van der Waals surface area contributed by atoms with Gasteiger partial charge in [0.25, 0.3) is 0 Å². The first-order valence-corrected chi connectivity index (χ1v) is 8.11. The monoisotopic (exact) mass is 284 g/mol. The highest BCUT2D eigenvalue weighted by Crippen LogP contribution is 2.27. The van der Waals surface area contributed by atoms with Crippen molar-refractivity contribution >= 4 is 5.82 Å². The van der Waals surface area contributed by atoms with E-state index in [-0.39, 0.29) is 0 Å². The van der Waals surface area contributed by atoms with Crippen molar-refractivity contribution in [2.45, 2.75) is 45.6 Å². The van der Waals surface area contributed by atoms with Gasteiger partial charge < -0.3 is 4.90 Å². The first-order valence-electron chi connectivity index (χ1n) is 8.11. The lowest BCUT2D eigenvalue weighted by atomic mass is 9.95. The summed E-state index contributed by atoms with van der Waals surface area (Å²) in [6, 6.07) is 5.04. The Hall–Kier alpha value is -1.60. The zero-order chi connectivity index (χ0) is 14.8. The number of nitriles is 1. The SMILES string of the molecule is CC(C)N1CCN(c2nc3c(cc2C#N)CCCC3)CC1. The van der Waals surface area contributed by atoms with Gasteiger partial charge in [-0.3, -0.25) is 4.90 Å². The molecule has 4 nitrogen and oxygen atoms in total. The lowest BCUT2D eigenvalue weighted by Crippen LogP contribution is -2.49. The van der Waals surface area contributed by atoms with Crippen LogP contribution in [0.15, 0.2) is 6.07 Å². The number of rotatable bonds is 2. The molecule has 4 heteroatoms. The Kier molecular flexibility index (Phi) is 4.12. The van der Waals surface area contributed by atoms with Crippen LogP contribution in [0.1, 0.15) is 43.5 Å². The Bertz CT molecular complexity index is 551. The smallest absolute Gasteiger partial charge is 0.146 e. The van der Waals surface area contributed by atoms with Gasteiger partial charge in [0, 0.05) is 37.9 Å². The molecule has 1 aliphatic carbocycles. The van der Waals surface area contributed by atoms with E-state index in [2.05, 4.69) is 35.8 Å². The van der Waals surface area contributed by atoms with Gasteiger partial charge in [-0.2, -0.15) is 5.26 Å². The van der Waals surface area contributed by atoms with Crippen molar-refractivity contribution < 1.29 is 0 Å². The van der Waals surface area contributed by atoms with E-state index < -0.39 is 0 Å². The van der Waals surface area contributed by atoms with Crippen LogP contribution in [0.3, 0.4) is 0 Å². The number of aromatic nitrogens is 1. The Morgan fingerprint density at radius 2 is 1.86 bits per heavy atom. The summed E-state index contributed by atoms with van der Waals surface area (Å²) in [5.74, 6) is 0.918. The number of piperazine rings is 1. The van der Waals surface area contributed by atoms with Gasteiger partial charge >= 0.3 is 0 Å². The molecule has 112 valence electrons. The van der Waals surface area contributed by atoms with Crippen LogP contribution >= 0.6 is 0 Å². The van der Waals surface area contributed by atoms with E-state index in [0.29, 0.717) is 6.04 Å². The van der Waals surface area contributed by atoms with Crippen LogP contribution in [-0.2, 0) is 12.8 Å². The minimum Gasteiger partial charge on any atom is -0.353 e. The molecule has 0 N–H and O–H groups in total. The number of fused-ring (bicyclic) bond motifs is 1. The molecule has 2 aliphatic rings. The van der Waals surface area contributed by atoms with E-state index in [0.717, 1.165) is 50.4 Å². The fourth-order valence-electron chi connectivity index (χ4n) is 3.40. The Morgan fingerprint density at radius 3 is 2.52 bits per heavy atom. The van der Waals surface area contributed by atoms with Crippen molar-refractivity contribution in [1.29, 1.82) is 5.26 Å². The van der Waals surface area contributed by atoms with Crippen molar-refractivity contribution in [3.63, 3.8) is 0 Å². The number of aryl methyl sites for hydroxylation is 2. The van der Waals surface area contributed by atoms with Crippen molar-refractivity contribution in [1.82, 2.24) is 9.88 Å². The molecule has 1 aromatic rings. The summed E-state index contributed by atoms with van der Waals surface area (Å²) < 4.78 is 0. The molecule has 0 radical (unpaired) electrons. The van der Waals surface area contributed by atoms with E-state index in [1.54, 1.807) is 0 Å². The van der Waals surface area contributed by atoms with Crippen LogP contribution in [0, 0.1) is 11.3 Å². The van der Waals surface area contributed by atoms with Crippen LogP contribution in [-0.4, -0.2) is 42.1 Å². The highest BCUT2D eigenvalue weighted by Gasteiger charge is 2.23. The summed E-state index contributed by atoms with van der Waals surface area (Å²) in [5, 5.41) is 9.46. The quantitative estimate of drug-likeness (QED) is 0.836. The van der Waals surface area contributed by atoms with E-state index in [4.69, 9.17) is 4.98 Å². The molecule has 0 spiro atoms. The van der Waals surface area contributed by atoms with Crippen LogP contribution in [0.25, 0.3) is 0 Å². The molecule has 21 heavy (non-hydrogen) atoms. The van der Waals surface area contributed by atoms with Gasteiger partial charge in [-0.1, -0.05) is 0 Å². The molecule has 3 rings (SSSR count). The van der Waals surface area contributed by atoms with E-state index in [9.17, 15) is 5.26 Å². The lowest BCUT2D eigenvalue weighted by Gasteiger charge is -2.38. The Balaban J connectivity index is 1.84. The third-order valence-corrected chi connectivity index (χ3v) is 4.75. The zero-order valence-electron chi connectivity index (χ0n) is 13.1. The Morgan fingerprint density at radius 1 is 1.14 bits per heavy atom. The van der Waals surface area contributed by atoms with E-state index >= 15 is 0 Å². The average Bonchev–Trinajstić information content (AvgIpc) is 2.53. The zero-order valence-corrected chi connectivity index (χ0v) is 13.1. The van der Waals surface area contributed by atoms with Gasteiger partial charge in [-0.15, -0.1) is 0 Å². The maximum absolute atomic E-state index is 9.46. The molecule has 0 aromatic carbocycles. The molecule has 1 saturated heterocycles. The standard InChI is InChI=1S/C17H24N4/c1-13(2)20-7-9-21(10-8-20)17-15(12-18)11-14-5-3-4-6-16(14)19-17/h11,13H,3-10H2,1-2H3. The maximum Gasteiger partial charge on any atom is 0.146 e. The lowest BCUT2D eigenvalue weighted by molar-refractivity contribution is 0.209. The second-order valence-electron chi connectivity index (χ2n) is 6.40. The second-order valence-corrected chi connectivity index (χ2v) is 6.40. The van der Waals surface area contributed by atoms with Crippen molar-refractivity contribution in [2.75, 3.05) is 31.1 Å². The van der Waals surface area contributed by atoms with Crippen LogP contribution in [0.5, 0.6) is 0 Å². The van der Waals surface area contributed by atoms with Gasteiger partial charge in [-0.05, 0) is 51.2 Å². The topological polar surface area (TPSA) is 43.2 Å². The molecule has 0 bridgehead atoms. The summed E-state index contributed by atoms with van der Waals surface area (Å²) in [6.07, 6.45) is 4.61. The van der Waals surface area contributed by atoms with Crippen LogP contribution < -0.4 is 4.90 Å². The molecule has 1 aromatic heterocycles. The fraction of sp³-hybridized carbons (Fsp3) is 0.647. The summed E-state index contributed by atoms with van der Waals surface area (Å²) in [6.45, 7) is 8.54. The van der Waals surface area contributed by atoms with Gasteiger partial charge in [0.15, 0.2) is 0 Å². The van der Waals surface area contributed by atoms with Gasteiger partial charge in [0.2, 0.25) is 0 Å². The number of hydrogen-bond donors (Lipinski definition) is 0. The second kappa shape index (κ2) is 6.03. The molecule has 0 amide bonds. The highest BCUT2D eigenvalue weighted by molar-refractivity contribution is 5.56. The highest BCUT2D eigenvalue weighted by atomic mass is 15.3. The average molecular weight is 284 g/mol. The number of pyridine rings is 1. The third kappa shape index (κ3) is 2.89. The molecule has 0 unspecified atom stereocenters. The van der Waals surface area contributed by atoms with Gasteiger partial charge in [0.1, 0.15) is 11.9 Å². The molecular formula is C17H24N4. The largest absolute Gasteiger partial charge is 0.353 e. The van der Waals surface area contributed by atoms with Gasteiger partial charge in [0.05, 0.1) is 5.56 Å². The molecular weight excluding hydrogens is 260 g/mol. The first-order chi connectivity index (χ1) is 10.2. The molecule has 1 fully saturated rings. The summed E-state index contributed by atoms with van der Waals surface area (Å²) >= 11 is 0. The molecule has 0 saturated carbocycles. The van der Waals surface area contributed by atoms with Crippen LogP contribution in [0.2, 0.25) is 0 Å². The predicted octanol–water partition coefficient (Wildman–Crippen LogP) is 2.36. The minimum atomic E-state index is 0.596. The number of hydrogen-bond acceptors (Lipinski definition) is 4. The molecule has 0 atom stereocenters. The minimum absolute atomic E-state index is 0.596. The van der Waals surface area contributed by atoms with E-state index in [1.165, 1.54) is 24.1 Å². The maximum atomic E-state index is 9.46. The van der Waals surface area contributed by atoms with Gasteiger partial charge in [-0.25, -0.2) is 4.98 Å². The summed E-state index contributed by atoms with van der Waals surface area (Å²) in [7, 11) is 0. The molecule has 1 aliphatic heterocycles. The number of anilines is 1. The summed E-state index contributed by atoms with van der Waals surface area (Å²) in [5.41, 5.74) is 3.28. The predicted molar refractivity (Wildman–Crippen MR) is 84.5 cm³/mol. The molecule has 2 heterocycles. The Labute approximate surface area is 127 Å². The number of nitrogens with zero attached hydrogens (tertiary/aromatic N) is 4. The van der Waals surface area contributed by atoms with Crippen molar-refractivity contribution in [3.05, 3.63) is 22.9 Å². The van der Waals surface area contributed by atoms with E-state index in [1.807, 2.05) is 0 Å². The van der Waals surface area contributed by atoms with Crippen molar-refractivity contribution in [3.8, 4) is 6.07 Å². The third-order valence-electron chi connectivity index (χ3n) is 4.75. The van der Waals surface area contributed by atoms with Crippen molar-refractivity contribution in [2.24, 2.45) is 0 Å². The first kappa shape index (κ1) is 14.3. The normalized spacial score (nSPS) is 19.4. The van der Waals surface area contributed by atoms with Crippen LogP contribution in [0.4, 0.5) is 5.82 Å². The fourth-order valence-corrected chi connectivity index (χ4v) is 3.40. The summed E-state index contributed by atoms with van der Waals surface area (Å²) in [4.78, 5) is 9.65.